The van der Waals surface area contributed by atoms with Crippen LogP contribution in [0.15, 0.2) is 16.8 Å². The van der Waals surface area contributed by atoms with E-state index >= 15 is 0 Å². The Hall–Kier alpha value is -0.380. The molecule has 86 valence electrons. The number of thiophene rings is 1. The van der Waals surface area contributed by atoms with Crippen LogP contribution in [0, 0.1) is 0 Å². The van der Waals surface area contributed by atoms with Gasteiger partial charge in [0.15, 0.2) is 0 Å². The van der Waals surface area contributed by atoms with Gasteiger partial charge in [-0.3, -0.25) is 0 Å². The van der Waals surface area contributed by atoms with Crippen molar-refractivity contribution in [2.75, 3.05) is 6.54 Å². The van der Waals surface area contributed by atoms with Crippen LogP contribution in [0.25, 0.3) is 0 Å². The molecule has 1 unspecified atom stereocenters. The second-order valence-electron chi connectivity index (χ2n) is 5.04. The summed E-state index contributed by atoms with van der Waals surface area (Å²) in [6.07, 6.45) is 0. The van der Waals surface area contributed by atoms with Crippen molar-refractivity contribution in [3.05, 3.63) is 22.4 Å². The van der Waals surface area contributed by atoms with Crippen LogP contribution in [-0.4, -0.2) is 18.1 Å². The molecule has 0 aliphatic heterocycles. The van der Waals surface area contributed by atoms with Crippen LogP contribution in [0.2, 0.25) is 0 Å². The highest BCUT2D eigenvalue weighted by molar-refractivity contribution is 7.07. The van der Waals surface area contributed by atoms with E-state index in [1.807, 2.05) is 0 Å². The first-order valence-corrected chi connectivity index (χ1v) is 6.41. The molecule has 0 spiro atoms. The van der Waals surface area contributed by atoms with Crippen molar-refractivity contribution in [2.45, 2.75) is 45.8 Å². The Bertz CT molecular complexity index is 262. The first kappa shape index (κ1) is 12.7. The second-order valence-corrected chi connectivity index (χ2v) is 5.82. The molecule has 1 atom stereocenters. The summed E-state index contributed by atoms with van der Waals surface area (Å²) in [6.45, 7) is 10.8. The van der Waals surface area contributed by atoms with E-state index in [4.69, 9.17) is 0 Å². The molecular formula is C12H22N2S. The normalized spacial score (nSPS) is 14.1. The Balaban J connectivity index is 2.16. The van der Waals surface area contributed by atoms with E-state index in [1.54, 1.807) is 11.3 Å². The zero-order valence-electron chi connectivity index (χ0n) is 10.1. The highest BCUT2D eigenvalue weighted by Crippen LogP contribution is 2.05. The lowest BCUT2D eigenvalue weighted by atomic mass is 10.1. The lowest BCUT2D eigenvalue weighted by molar-refractivity contribution is 0.387. The molecule has 2 N–H and O–H groups in total. The fraction of sp³-hybridized carbons (Fsp3) is 0.667. The average molecular weight is 226 g/mol. The maximum atomic E-state index is 3.50. The molecular weight excluding hydrogens is 204 g/mol. The van der Waals surface area contributed by atoms with E-state index in [2.05, 4.69) is 55.2 Å². The minimum atomic E-state index is 0.207. The van der Waals surface area contributed by atoms with Gasteiger partial charge in [0.2, 0.25) is 0 Å². The third-order valence-corrected chi connectivity index (χ3v) is 2.91. The summed E-state index contributed by atoms with van der Waals surface area (Å²) < 4.78 is 0. The van der Waals surface area contributed by atoms with Crippen molar-refractivity contribution in [1.29, 1.82) is 0 Å². The van der Waals surface area contributed by atoms with Crippen molar-refractivity contribution in [3.63, 3.8) is 0 Å². The largest absolute Gasteiger partial charge is 0.311 e. The monoisotopic (exact) mass is 226 g/mol. The fourth-order valence-corrected chi connectivity index (χ4v) is 1.89. The van der Waals surface area contributed by atoms with Crippen molar-refractivity contribution >= 4 is 11.3 Å². The van der Waals surface area contributed by atoms with E-state index in [1.165, 1.54) is 5.56 Å². The van der Waals surface area contributed by atoms with Crippen LogP contribution >= 0.6 is 11.3 Å². The molecule has 0 bridgehead atoms. The quantitative estimate of drug-likeness (QED) is 0.806. The van der Waals surface area contributed by atoms with Crippen LogP contribution in [0.4, 0.5) is 0 Å². The minimum absolute atomic E-state index is 0.207. The Labute approximate surface area is 97.1 Å². The van der Waals surface area contributed by atoms with Crippen LogP contribution < -0.4 is 10.6 Å². The van der Waals surface area contributed by atoms with Crippen molar-refractivity contribution in [3.8, 4) is 0 Å². The molecule has 0 radical (unpaired) electrons. The van der Waals surface area contributed by atoms with Gasteiger partial charge in [0.05, 0.1) is 0 Å². The van der Waals surface area contributed by atoms with Crippen LogP contribution in [-0.2, 0) is 6.54 Å². The molecule has 2 nitrogen and oxygen atoms in total. The maximum Gasteiger partial charge on any atom is 0.0216 e. The molecule has 0 aliphatic carbocycles. The Morgan fingerprint density at radius 3 is 2.67 bits per heavy atom. The van der Waals surface area contributed by atoms with Gasteiger partial charge >= 0.3 is 0 Å². The Morgan fingerprint density at radius 2 is 2.13 bits per heavy atom. The fourth-order valence-electron chi connectivity index (χ4n) is 1.22. The molecule has 0 saturated heterocycles. The number of rotatable bonds is 5. The van der Waals surface area contributed by atoms with Gasteiger partial charge in [-0.15, -0.1) is 0 Å². The summed E-state index contributed by atoms with van der Waals surface area (Å²) in [6, 6.07) is 2.67. The summed E-state index contributed by atoms with van der Waals surface area (Å²) in [7, 11) is 0. The third-order valence-electron chi connectivity index (χ3n) is 2.17. The zero-order chi connectivity index (χ0) is 11.3. The molecule has 0 aromatic carbocycles. The molecule has 0 amide bonds. The molecule has 0 saturated carbocycles. The average Bonchev–Trinajstić information content (AvgIpc) is 2.62. The lowest BCUT2D eigenvalue weighted by Gasteiger charge is -2.24. The van der Waals surface area contributed by atoms with Crippen molar-refractivity contribution < 1.29 is 0 Å². The van der Waals surface area contributed by atoms with Gasteiger partial charge in [-0.25, -0.2) is 0 Å². The van der Waals surface area contributed by atoms with Crippen LogP contribution in [0.1, 0.15) is 33.3 Å². The predicted molar refractivity (Wildman–Crippen MR) is 68.4 cm³/mol. The van der Waals surface area contributed by atoms with Crippen molar-refractivity contribution in [1.82, 2.24) is 10.6 Å². The predicted octanol–water partition coefficient (Wildman–Crippen LogP) is 2.61. The molecule has 3 heteroatoms. The number of nitrogens with one attached hydrogen (secondary N) is 2. The van der Waals surface area contributed by atoms with Crippen LogP contribution in [0.3, 0.4) is 0 Å². The highest BCUT2D eigenvalue weighted by atomic mass is 32.1. The first-order chi connectivity index (χ1) is 6.97. The van der Waals surface area contributed by atoms with Gasteiger partial charge in [-0.1, -0.05) is 0 Å². The van der Waals surface area contributed by atoms with E-state index in [-0.39, 0.29) is 5.54 Å². The Morgan fingerprint density at radius 1 is 1.40 bits per heavy atom. The zero-order valence-corrected chi connectivity index (χ0v) is 10.9. The second kappa shape index (κ2) is 5.64. The lowest BCUT2D eigenvalue weighted by Crippen LogP contribution is -2.44. The topological polar surface area (TPSA) is 24.1 Å². The summed E-state index contributed by atoms with van der Waals surface area (Å²) in [4.78, 5) is 0. The van der Waals surface area contributed by atoms with Gasteiger partial charge < -0.3 is 10.6 Å². The highest BCUT2D eigenvalue weighted by Gasteiger charge is 2.10. The first-order valence-electron chi connectivity index (χ1n) is 5.47. The van der Waals surface area contributed by atoms with Gasteiger partial charge in [0.25, 0.3) is 0 Å². The third kappa shape index (κ3) is 5.92. The molecule has 15 heavy (non-hydrogen) atoms. The van der Waals surface area contributed by atoms with Crippen molar-refractivity contribution in [2.24, 2.45) is 0 Å². The summed E-state index contributed by atoms with van der Waals surface area (Å²) in [5, 5.41) is 11.3. The number of hydrogen-bond donors (Lipinski definition) is 2. The molecule has 0 aliphatic rings. The SMILES string of the molecule is CC(CNC(C)(C)C)NCc1ccsc1. The van der Waals surface area contributed by atoms with E-state index in [0.29, 0.717) is 6.04 Å². The van der Waals surface area contributed by atoms with Gasteiger partial charge in [0.1, 0.15) is 0 Å². The molecule has 1 aromatic rings. The molecule has 1 rings (SSSR count). The summed E-state index contributed by atoms with van der Waals surface area (Å²) in [5.41, 5.74) is 1.58. The molecule has 1 aromatic heterocycles. The number of hydrogen-bond acceptors (Lipinski definition) is 3. The van der Waals surface area contributed by atoms with Gasteiger partial charge in [-0.05, 0) is 50.1 Å². The molecule has 0 fully saturated rings. The molecule has 1 heterocycles. The Kier molecular flexibility index (Phi) is 4.77. The van der Waals surface area contributed by atoms with E-state index < -0.39 is 0 Å². The van der Waals surface area contributed by atoms with E-state index in [0.717, 1.165) is 13.1 Å². The smallest absolute Gasteiger partial charge is 0.0216 e. The van der Waals surface area contributed by atoms with Crippen LogP contribution in [0.5, 0.6) is 0 Å². The van der Waals surface area contributed by atoms with Gasteiger partial charge in [-0.2, -0.15) is 11.3 Å². The standard InChI is InChI=1S/C12H22N2S/c1-10(7-14-12(2,3)4)13-8-11-5-6-15-9-11/h5-6,9-10,13-14H,7-8H2,1-4H3. The summed E-state index contributed by atoms with van der Waals surface area (Å²) >= 11 is 1.75. The van der Waals surface area contributed by atoms with E-state index in [9.17, 15) is 0 Å². The minimum Gasteiger partial charge on any atom is -0.311 e. The summed E-state index contributed by atoms with van der Waals surface area (Å²) in [5.74, 6) is 0. The maximum absolute atomic E-state index is 3.50. The van der Waals surface area contributed by atoms with Gasteiger partial charge in [0, 0.05) is 24.7 Å².